The van der Waals surface area contributed by atoms with Gasteiger partial charge in [0.05, 0.1) is 4.87 Å². The summed E-state index contributed by atoms with van der Waals surface area (Å²) in [5.41, 5.74) is 1.54. The van der Waals surface area contributed by atoms with Gasteiger partial charge >= 0.3 is 0 Å². The summed E-state index contributed by atoms with van der Waals surface area (Å²) in [4.78, 5) is 0.421. The SMILES string of the molecule is CC1CNC2(CCC(c3ccccc3)CC2)S1. The lowest BCUT2D eigenvalue weighted by Crippen LogP contribution is -2.40. The van der Waals surface area contributed by atoms with Crippen molar-refractivity contribution in [3.05, 3.63) is 35.9 Å². The molecule has 1 saturated carbocycles. The Balaban J connectivity index is 1.65. The Labute approximate surface area is 108 Å². The third-order valence-corrected chi connectivity index (χ3v) is 5.78. The zero-order valence-electron chi connectivity index (χ0n) is 10.5. The number of benzene rings is 1. The van der Waals surface area contributed by atoms with Crippen LogP contribution in [0.25, 0.3) is 0 Å². The first kappa shape index (κ1) is 11.6. The molecule has 0 aromatic heterocycles. The molecule has 1 aliphatic heterocycles. The van der Waals surface area contributed by atoms with E-state index in [-0.39, 0.29) is 0 Å². The fourth-order valence-corrected chi connectivity index (χ4v) is 4.81. The largest absolute Gasteiger partial charge is 0.302 e. The second-order valence-corrected chi connectivity index (χ2v) is 7.31. The van der Waals surface area contributed by atoms with Crippen molar-refractivity contribution in [2.75, 3.05) is 6.54 Å². The number of hydrogen-bond acceptors (Lipinski definition) is 2. The first-order valence-corrected chi connectivity index (χ1v) is 7.63. The van der Waals surface area contributed by atoms with Gasteiger partial charge in [-0.3, -0.25) is 0 Å². The highest BCUT2D eigenvalue weighted by Gasteiger charge is 2.40. The van der Waals surface area contributed by atoms with E-state index in [9.17, 15) is 0 Å². The molecule has 1 heterocycles. The van der Waals surface area contributed by atoms with E-state index in [1.54, 1.807) is 5.56 Å². The molecule has 2 aliphatic rings. The average molecular weight is 247 g/mol. The second-order valence-electron chi connectivity index (χ2n) is 5.49. The highest BCUT2D eigenvalue weighted by Crippen LogP contribution is 2.47. The fraction of sp³-hybridized carbons (Fsp3) is 0.600. The molecular formula is C15H21NS. The van der Waals surface area contributed by atoms with Crippen LogP contribution in [0.1, 0.15) is 44.1 Å². The van der Waals surface area contributed by atoms with Crippen molar-refractivity contribution in [3.63, 3.8) is 0 Å². The zero-order chi connectivity index (χ0) is 11.7. The summed E-state index contributed by atoms with van der Waals surface area (Å²) in [5, 5.41) is 4.55. The molecule has 92 valence electrons. The fourth-order valence-electron chi connectivity index (χ4n) is 3.24. The van der Waals surface area contributed by atoms with Gasteiger partial charge in [0.25, 0.3) is 0 Å². The van der Waals surface area contributed by atoms with E-state index in [1.807, 2.05) is 0 Å². The maximum absolute atomic E-state index is 3.76. The van der Waals surface area contributed by atoms with Gasteiger partial charge < -0.3 is 5.32 Å². The molecule has 1 aromatic rings. The summed E-state index contributed by atoms with van der Waals surface area (Å²) in [5.74, 6) is 0.792. The molecule has 1 aliphatic carbocycles. The van der Waals surface area contributed by atoms with Crippen LogP contribution in [0, 0.1) is 0 Å². The second kappa shape index (κ2) is 4.66. The molecule has 1 N–H and O–H groups in total. The van der Waals surface area contributed by atoms with Crippen molar-refractivity contribution >= 4 is 11.8 Å². The van der Waals surface area contributed by atoms with Crippen molar-refractivity contribution in [1.29, 1.82) is 0 Å². The van der Waals surface area contributed by atoms with Gasteiger partial charge in [-0.05, 0) is 37.2 Å². The van der Waals surface area contributed by atoms with Crippen molar-refractivity contribution in [2.45, 2.75) is 48.6 Å². The van der Waals surface area contributed by atoms with E-state index in [1.165, 1.54) is 32.2 Å². The van der Waals surface area contributed by atoms with Crippen molar-refractivity contribution in [2.24, 2.45) is 0 Å². The quantitative estimate of drug-likeness (QED) is 0.811. The monoisotopic (exact) mass is 247 g/mol. The topological polar surface area (TPSA) is 12.0 Å². The van der Waals surface area contributed by atoms with E-state index >= 15 is 0 Å². The van der Waals surface area contributed by atoms with Gasteiger partial charge in [0.2, 0.25) is 0 Å². The molecular weight excluding hydrogens is 226 g/mol. The standard InChI is InChI=1S/C15H21NS/c1-12-11-16-15(17-12)9-7-14(8-10-15)13-5-3-2-4-6-13/h2-6,12,14,16H,7-11H2,1H3. The Hall–Kier alpha value is -0.470. The molecule has 3 rings (SSSR count). The molecule has 17 heavy (non-hydrogen) atoms. The summed E-state index contributed by atoms with van der Waals surface area (Å²) in [6, 6.07) is 11.0. The normalized spacial score (nSPS) is 37.5. The zero-order valence-corrected chi connectivity index (χ0v) is 11.3. The Bertz CT molecular complexity index is 368. The van der Waals surface area contributed by atoms with E-state index in [4.69, 9.17) is 0 Å². The Morgan fingerprint density at radius 2 is 1.88 bits per heavy atom. The molecule has 1 atom stereocenters. The Kier molecular flexibility index (Phi) is 3.18. The predicted octanol–water partition coefficient (Wildman–Crippen LogP) is 3.77. The molecule has 1 nitrogen and oxygen atoms in total. The van der Waals surface area contributed by atoms with Crippen LogP contribution < -0.4 is 5.32 Å². The van der Waals surface area contributed by atoms with Gasteiger partial charge in [0.1, 0.15) is 0 Å². The lowest BCUT2D eigenvalue weighted by Gasteiger charge is -2.37. The molecule has 1 saturated heterocycles. The predicted molar refractivity (Wildman–Crippen MR) is 75.4 cm³/mol. The molecule has 2 heteroatoms. The first-order valence-electron chi connectivity index (χ1n) is 6.75. The van der Waals surface area contributed by atoms with Gasteiger partial charge in [0, 0.05) is 11.8 Å². The molecule has 1 aromatic carbocycles. The van der Waals surface area contributed by atoms with Crippen molar-refractivity contribution in [3.8, 4) is 0 Å². The van der Waals surface area contributed by atoms with Crippen LogP contribution in [0.5, 0.6) is 0 Å². The van der Waals surface area contributed by atoms with E-state index < -0.39 is 0 Å². The number of thioether (sulfide) groups is 1. The summed E-state index contributed by atoms with van der Waals surface area (Å²) in [7, 11) is 0. The summed E-state index contributed by atoms with van der Waals surface area (Å²) < 4.78 is 0. The molecule has 0 radical (unpaired) electrons. The van der Waals surface area contributed by atoms with Gasteiger partial charge in [0.15, 0.2) is 0 Å². The van der Waals surface area contributed by atoms with E-state index in [0.717, 1.165) is 11.2 Å². The van der Waals surface area contributed by atoms with Gasteiger partial charge in [-0.2, -0.15) is 0 Å². The Morgan fingerprint density at radius 1 is 1.18 bits per heavy atom. The average Bonchev–Trinajstić information content (AvgIpc) is 2.73. The van der Waals surface area contributed by atoms with Crippen LogP contribution in [0.3, 0.4) is 0 Å². The molecule has 1 spiro atoms. The van der Waals surface area contributed by atoms with Crippen LogP contribution in [0.2, 0.25) is 0 Å². The smallest absolute Gasteiger partial charge is 0.0649 e. The molecule has 2 fully saturated rings. The third-order valence-electron chi connectivity index (χ3n) is 4.20. The highest BCUT2D eigenvalue weighted by molar-refractivity contribution is 8.01. The summed E-state index contributed by atoms with van der Waals surface area (Å²) in [6.07, 6.45) is 5.36. The first-order chi connectivity index (χ1) is 8.27. The number of nitrogens with one attached hydrogen (secondary N) is 1. The minimum Gasteiger partial charge on any atom is -0.302 e. The van der Waals surface area contributed by atoms with Crippen LogP contribution in [0.4, 0.5) is 0 Å². The van der Waals surface area contributed by atoms with E-state index in [0.29, 0.717) is 4.87 Å². The summed E-state index contributed by atoms with van der Waals surface area (Å²) in [6.45, 7) is 3.54. The maximum atomic E-state index is 3.76. The molecule has 0 bridgehead atoms. The summed E-state index contributed by atoms with van der Waals surface area (Å²) >= 11 is 2.17. The van der Waals surface area contributed by atoms with Crippen LogP contribution in [-0.2, 0) is 0 Å². The Morgan fingerprint density at radius 3 is 2.47 bits per heavy atom. The number of rotatable bonds is 1. The van der Waals surface area contributed by atoms with Gasteiger partial charge in [-0.25, -0.2) is 0 Å². The van der Waals surface area contributed by atoms with Crippen LogP contribution in [0.15, 0.2) is 30.3 Å². The molecule has 0 amide bonds. The lowest BCUT2D eigenvalue weighted by molar-refractivity contribution is 0.326. The number of hydrogen-bond donors (Lipinski definition) is 1. The molecule has 1 unspecified atom stereocenters. The third kappa shape index (κ3) is 2.38. The lowest BCUT2D eigenvalue weighted by atomic mass is 9.81. The van der Waals surface area contributed by atoms with Crippen LogP contribution in [-0.4, -0.2) is 16.7 Å². The van der Waals surface area contributed by atoms with Gasteiger partial charge in [-0.1, -0.05) is 37.3 Å². The minimum absolute atomic E-state index is 0.421. The van der Waals surface area contributed by atoms with Crippen molar-refractivity contribution in [1.82, 2.24) is 5.32 Å². The minimum atomic E-state index is 0.421. The van der Waals surface area contributed by atoms with E-state index in [2.05, 4.69) is 54.3 Å². The maximum Gasteiger partial charge on any atom is 0.0649 e. The van der Waals surface area contributed by atoms with Gasteiger partial charge in [-0.15, -0.1) is 11.8 Å². The van der Waals surface area contributed by atoms with Crippen LogP contribution >= 0.6 is 11.8 Å². The van der Waals surface area contributed by atoms with Crippen molar-refractivity contribution < 1.29 is 0 Å². The highest BCUT2D eigenvalue weighted by atomic mass is 32.2.